The maximum atomic E-state index is 13.4. The summed E-state index contributed by atoms with van der Waals surface area (Å²) < 4.78 is 14.7. The predicted molar refractivity (Wildman–Crippen MR) is 53.6 cm³/mol. The lowest BCUT2D eigenvalue weighted by molar-refractivity contribution is 0.566. The zero-order valence-electron chi connectivity index (χ0n) is 7.99. The second-order valence-electron chi connectivity index (χ2n) is 3.27. The van der Waals surface area contributed by atoms with E-state index < -0.39 is 17.5 Å². The van der Waals surface area contributed by atoms with Gasteiger partial charge in [-0.1, -0.05) is 0 Å². The van der Waals surface area contributed by atoms with E-state index in [4.69, 9.17) is 11.5 Å². The fourth-order valence-electron chi connectivity index (χ4n) is 1.44. The van der Waals surface area contributed by atoms with Crippen LogP contribution < -0.4 is 17.0 Å². The highest BCUT2D eigenvalue weighted by molar-refractivity contribution is 5.76. The van der Waals surface area contributed by atoms with Crippen LogP contribution in [0.4, 0.5) is 10.3 Å². The van der Waals surface area contributed by atoms with Crippen LogP contribution in [0, 0.1) is 5.82 Å². The SMILES string of the molecule is CC(N)n1cc(F)c2c(=O)[nH]c(N)nc21. The van der Waals surface area contributed by atoms with Crippen LogP contribution in [0.1, 0.15) is 13.1 Å². The first-order chi connectivity index (χ1) is 7.00. The van der Waals surface area contributed by atoms with Crippen LogP contribution in [0.5, 0.6) is 0 Å². The number of fused-ring (bicyclic) bond motifs is 1. The van der Waals surface area contributed by atoms with Crippen LogP contribution >= 0.6 is 0 Å². The summed E-state index contributed by atoms with van der Waals surface area (Å²) in [7, 11) is 0. The van der Waals surface area contributed by atoms with Crippen molar-refractivity contribution in [3.8, 4) is 0 Å². The van der Waals surface area contributed by atoms with Gasteiger partial charge in [0.05, 0.1) is 6.17 Å². The Balaban J connectivity index is 2.93. The smallest absolute Gasteiger partial charge is 0.264 e. The van der Waals surface area contributed by atoms with Crippen LogP contribution in [0.25, 0.3) is 11.0 Å². The van der Waals surface area contributed by atoms with E-state index in [1.54, 1.807) is 6.92 Å². The first-order valence-corrected chi connectivity index (χ1v) is 4.32. The van der Waals surface area contributed by atoms with Gasteiger partial charge < -0.3 is 16.0 Å². The van der Waals surface area contributed by atoms with Crippen LogP contribution in [-0.2, 0) is 0 Å². The number of hydrogen-bond acceptors (Lipinski definition) is 4. The fourth-order valence-corrected chi connectivity index (χ4v) is 1.44. The molecule has 5 N–H and O–H groups in total. The topological polar surface area (TPSA) is 103 Å². The number of rotatable bonds is 1. The maximum absolute atomic E-state index is 13.4. The van der Waals surface area contributed by atoms with E-state index in [-0.39, 0.29) is 17.0 Å². The molecule has 0 bridgehead atoms. The number of nitrogens with one attached hydrogen (secondary N) is 1. The van der Waals surface area contributed by atoms with Crippen molar-refractivity contribution < 1.29 is 4.39 Å². The van der Waals surface area contributed by atoms with Crippen LogP contribution in [0.3, 0.4) is 0 Å². The Bertz CT molecular complexity index is 570. The molecule has 6 nitrogen and oxygen atoms in total. The molecule has 80 valence electrons. The number of nitrogen functional groups attached to an aromatic ring is 1. The highest BCUT2D eigenvalue weighted by atomic mass is 19.1. The first kappa shape index (κ1) is 9.66. The molecular formula is C8H10FN5O. The summed E-state index contributed by atoms with van der Waals surface area (Å²) >= 11 is 0. The van der Waals surface area contributed by atoms with E-state index in [0.717, 1.165) is 6.20 Å². The van der Waals surface area contributed by atoms with Crippen molar-refractivity contribution >= 4 is 17.0 Å². The molecule has 0 aliphatic heterocycles. The quantitative estimate of drug-likeness (QED) is 0.614. The maximum Gasteiger partial charge on any atom is 0.264 e. The summed E-state index contributed by atoms with van der Waals surface area (Å²) in [6.07, 6.45) is 0.655. The number of nitrogens with two attached hydrogens (primary N) is 2. The van der Waals surface area contributed by atoms with E-state index in [9.17, 15) is 9.18 Å². The molecule has 15 heavy (non-hydrogen) atoms. The standard InChI is InChI=1S/C8H10FN5O/c1-3(10)14-2-4(9)5-6(14)12-8(11)13-7(5)15/h2-3H,10H2,1H3,(H3,11,12,13,15). The highest BCUT2D eigenvalue weighted by Gasteiger charge is 2.15. The van der Waals surface area contributed by atoms with Crippen molar-refractivity contribution in [2.75, 3.05) is 5.73 Å². The summed E-state index contributed by atoms with van der Waals surface area (Å²) in [6, 6.07) is 0. The number of aromatic amines is 1. The zero-order valence-corrected chi connectivity index (χ0v) is 7.99. The molecule has 7 heteroatoms. The van der Waals surface area contributed by atoms with Crippen LogP contribution in [0.2, 0.25) is 0 Å². The minimum Gasteiger partial charge on any atom is -0.369 e. The molecule has 0 aliphatic rings. The third-order valence-corrected chi connectivity index (χ3v) is 2.09. The molecule has 2 aromatic heterocycles. The molecule has 0 aliphatic carbocycles. The summed E-state index contributed by atoms with van der Waals surface area (Å²) in [5, 5.41) is -0.124. The van der Waals surface area contributed by atoms with Gasteiger partial charge in [0.1, 0.15) is 5.39 Å². The molecule has 2 heterocycles. The van der Waals surface area contributed by atoms with Crippen molar-refractivity contribution in [1.82, 2.24) is 14.5 Å². The largest absolute Gasteiger partial charge is 0.369 e. The molecule has 2 aromatic rings. The molecular weight excluding hydrogens is 201 g/mol. The number of nitrogens with zero attached hydrogens (tertiary/aromatic N) is 2. The molecule has 0 saturated heterocycles. The van der Waals surface area contributed by atoms with Gasteiger partial charge in [0.2, 0.25) is 5.95 Å². The van der Waals surface area contributed by atoms with Crippen molar-refractivity contribution in [3.63, 3.8) is 0 Å². The Hall–Kier alpha value is -1.89. The molecule has 0 saturated carbocycles. The van der Waals surface area contributed by atoms with Gasteiger partial charge >= 0.3 is 0 Å². The second-order valence-corrected chi connectivity index (χ2v) is 3.27. The Labute approximate surface area is 83.7 Å². The third kappa shape index (κ3) is 1.37. The summed E-state index contributed by atoms with van der Waals surface area (Å²) in [4.78, 5) is 17.5. The van der Waals surface area contributed by atoms with Crippen LogP contribution in [-0.4, -0.2) is 14.5 Å². The van der Waals surface area contributed by atoms with Gasteiger partial charge in [0, 0.05) is 6.20 Å². The number of H-pyrrole nitrogens is 1. The van der Waals surface area contributed by atoms with Gasteiger partial charge in [-0.15, -0.1) is 0 Å². The van der Waals surface area contributed by atoms with Crippen molar-refractivity contribution in [1.29, 1.82) is 0 Å². The average Bonchev–Trinajstić information content (AvgIpc) is 2.42. The van der Waals surface area contributed by atoms with E-state index in [0.29, 0.717) is 0 Å². The zero-order chi connectivity index (χ0) is 11.2. The summed E-state index contributed by atoms with van der Waals surface area (Å²) in [6.45, 7) is 1.65. The van der Waals surface area contributed by atoms with Gasteiger partial charge in [0.25, 0.3) is 5.56 Å². The average molecular weight is 211 g/mol. The lowest BCUT2D eigenvalue weighted by Crippen LogP contribution is -2.16. The van der Waals surface area contributed by atoms with Crippen molar-refractivity contribution in [2.24, 2.45) is 5.73 Å². The third-order valence-electron chi connectivity index (χ3n) is 2.09. The lowest BCUT2D eigenvalue weighted by atomic mass is 10.4. The molecule has 1 atom stereocenters. The first-order valence-electron chi connectivity index (χ1n) is 4.32. The number of anilines is 1. The molecule has 2 rings (SSSR count). The number of hydrogen-bond donors (Lipinski definition) is 3. The van der Waals surface area contributed by atoms with Gasteiger partial charge in [-0.3, -0.25) is 9.78 Å². The minimum atomic E-state index is -0.656. The minimum absolute atomic E-state index is 0.0625. The summed E-state index contributed by atoms with van der Waals surface area (Å²) in [5.41, 5.74) is 10.5. The highest BCUT2D eigenvalue weighted by Crippen LogP contribution is 2.17. The summed E-state index contributed by atoms with van der Waals surface area (Å²) in [5.74, 6) is -0.719. The number of halogens is 1. The lowest BCUT2D eigenvalue weighted by Gasteiger charge is -2.07. The molecule has 0 spiro atoms. The van der Waals surface area contributed by atoms with Crippen molar-refractivity contribution in [3.05, 3.63) is 22.4 Å². The molecule has 0 aromatic carbocycles. The Kier molecular flexibility index (Phi) is 1.97. The van der Waals surface area contributed by atoms with E-state index in [1.807, 2.05) is 0 Å². The Morgan fingerprint density at radius 3 is 2.93 bits per heavy atom. The molecule has 0 fully saturated rings. The van der Waals surface area contributed by atoms with E-state index in [2.05, 4.69) is 9.97 Å². The molecule has 1 unspecified atom stereocenters. The van der Waals surface area contributed by atoms with E-state index in [1.165, 1.54) is 4.57 Å². The number of aromatic nitrogens is 3. The van der Waals surface area contributed by atoms with Crippen molar-refractivity contribution in [2.45, 2.75) is 13.1 Å². The van der Waals surface area contributed by atoms with E-state index >= 15 is 0 Å². The Morgan fingerprint density at radius 1 is 1.67 bits per heavy atom. The molecule has 0 radical (unpaired) electrons. The fraction of sp³-hybridized carbons (Fsp3) is 0.250. The molecule has 0 amide bonds. The van der Waals surface area contributed by atoms with Crippen LogP contribution in [0.15, 0.2) is 11.0 Å². The monoisotopic (exact) mass is 211 g/mol. The Morgan fingerprint density at radius 2 is 2.33 bits per heavy atom. The van der Waals surface area contributed by atoms with Gasteiger partial charge in [-0.05, 0) is 6.92 Å². The second kappa shape index (κ2) is 3.06. The van der Waals surface area contributed by atoms with Gasteiger partial charge in [-0.2, -0.15) is 4.98 Å². The normalized spacial score (nSPS) is 13.3. The van der Waals surface area contributed by atoms with Gasteiger partial charge in [0.15, 0.2) is 11.5 Å². The van der Waals surface area contributed by atoms with Gasteiger partial charge in [-0.25, -0.2) is 4.39 Å². The predicted octanol–water partition coefficient (Wildman–Crippen LogP) is -0.0769.